The number of aliphatic hydroxyl groups excluding tert-OH is 1. The quantitative estimate of drug-likeness (QED) is 0.897. The van der Waals surface area contributed by atoms with Crippen LogP contribution in [0, 0.1) is 5.92 Å². The molecule has 2 unspecified atom stereocenters. The predicted octanol–water partition coefficient (Wildman–Crippen LogP) is 2.06. The van der Waals surface area contributed by atoms with Crippen LogP contribution < -0.4 is 4.90 Å². The average Bonchev–Trinajstić information content (AvgIpc) is 2.47. The second-order valence-corrected chi connectivity index (χ2v) is 6.31. The first kappa shape index (κ1) is 13.8. The van der Waals surface area contributed by atoms with Gasteiger partial charge < -0.3 is 14.9 Å². The molecule has 20 heavy (non-hydrogen) atoms. The molecule has 0 aromatic carbocycles. The highest BCUT2D eigenvalue weighted by molar-refractivity contribution is 5.40. The molecular weight excluding hydrogens is 250 g/mol. The highest BCUT2D eigenvalue weighted by atomic mass is 16.3. The van der Waals surface area contributed by atoms with Gasteiger partial charge in [-0.3, -0.25) is 0 Å². The van der Waals surface area contributed by atoms with Crippen LogP contribution in [0.1, 0.15) is 37.9 Å². The molecule has 0 spiro atoms. The molecule has 3 rings (SSSR count). The number of hydrogen-bond acceptors (Lipinski definition) is 4. The Bertz CT molecular complexity index is 446. The highest BCUT2D eigenvalue weighted by Crippen LogP contribution is 2.31. The van der Waals surface area contributed by atoms with Crippen LogP contribution in [0.25, 0.3) is 0 Å². The van der Waals surface area contributed by atoms with Crippen molar-refractivity contribution >= 4 is 5.82 Å². The first-order valence-electron chi connectivity index (χ1n) is 7.74. The molecular formula is C16H25N3O. The van der Waals surface area contributed by atoms with Crippen molar-refractivity contribution in [2.45, 2.75) is 38.3 Å². The van der Waals surface area contributed by atoms with Gasteiger partial charge in [-0.1, -0.05) is 6.07 Å². The van der Waals surface area contributed by atoms with Gasteiger partial charge in [0.05, 0.1) is 6.10 Å². The second kappa shape index (κ2) is 5.70. The van der Waals surface area contributed by atoms with Gasteiger partial charge in [-0.25, -0.2) is 4.98 Å². The van der Waals surface area contributed by atoms with Crippen LogP contribution in [0.15, 0.2) is 18.3 Å². The lowest BCUT2D eigenvalue weighted by molar-refractivity contribution is 0.102. The van der Waals surface area contributed by atoms with Crippen molar-refractivity contribution < 1.29 is 5.11 Å². The van der Waals surface area contributed by atoms with Crippen molar-refractivity contribution in [2.24, 2.45) is 5.92 Å². The summed E-state index contributed by atoms with van der Waals surface area (Å²) >= 11 is 0. The fraction of sp³-hybridized carbons (Fsp3) is 0.688. The van der Waals surface area contributed by atoms with Gasteiger partial charge in [0, 0.05) is 25.3 Å². The number of fused-ring (bicyclic) bond motifs is 1. The van der Waals surface area contributed by atoms with Crippen LogP contribution in [-0.2, 0) is 0 Å². The molecule has 4 heteroatoms. The van der Waals surface area contributed by atoms with E-state index in [4.69, 9.17) is 0 Å². The van der Waals surface area contributed by atoms with Gasteiger partial charge in [0.1, 0.15) is 5.82 Å². The third-order valence-electron chi connectivity index (χ3n) is 4.92. The number of aromatic nitrogens is 1. The van der Waals surface area contributed by atoms with Gasteiger partial charge in [0.2, 0.25) is 0 Å². The SMILES string of the molecule is C[C@@H](O)c1ccc(N2CCC3C(CCCN3C)C2)nc1. The van der Waals surface area contributed by atoms with Crippen molar-refractivity contribution in [3.8, 4) is 0 Å². The third-order valence-corrected chi connectivity index (χ3v) is 4.92. The van der Waals surface area contributed by atoms with E-state index in [1.54, 1.807) is 13.1 Å². The van der Waals surface area contributed by atoms with Gasteiger partial charge in [-0.15, -0.1) is 0 Å². The first-order chi connectivity index (χ1) is 9.65. The Morgan fingerprint density at radius 2 is 2.15 bits per heavy atom. The maximum Gasteiger partial charge on any atom is 0.128 e. The number of rotatable bonds is 2. The fourth-order valence-electron chi connectivity index (χ4n) is 3.69. The summed E-state index contributed by atoms with van der Waals surface area (Å²) in [6, 6.07) is 4.80. The van der Waals surface area contributed by atoms with Gasteiger partial charge in [-0.2, -0.15) is 0 Å². The zero-order chi connectivity index (χ0) is 14.1. The maximum atomic E-state index is 9.55. The Balaban J connectivity index is 1.69. The minimum atomic E-state index is -0.436. The molecule has 1 N–H and O–H groups in total. The highest BCUT2D eigenvalue weighted by Gasteiger charge is 2.34. The molecule has 1 aromatic heterocycles. The van der Waals surface area contributed by atoms with Crippen LogP contribution >= 0.6 is 0 Å². The average molecular weight is 275 g/mol. The van der Waals surface area contributed by atoms with Gasteiger partial charge in [-0.05, 0) is 57.3 Å². The van der Waals surface area contributed by atoms with Crippen LogP contribution in [0.2, 0.25) is 0 Å². The molecule has 3 atom stereocenters. The summed E-state index contributed by atoms with van der Waals surface area (Å²) in [5, 5.41) is 9.55. The largest absolute Gasteiger partial charge is 0.389 e. The maximum absolute atomic E-state index is 9.55. The number of likely N-dealkylation sites (tertiary alicyclic amines) is 1. The molecule has 4 nitrogen and oxygen atoms in total. The Morgan fingerprint density at radius 1 is 1.30 bits per heavy atom. The molecule has 0 bridgehead atoms. The van der Waals surface area contributed by atoms with Crippen LogP contribution in [-0.4, -0.2) is 47.7 Å². The summed E-state index contributed by atoms with van der Waals surface area (Å²) in [6.07, 6.45) is 5.27. The van der Waals surface area contributed by atoms with E-state index in [9.17, 15) is 5.11 Å². The van der Waals surface area contributed by atoms with Crippen molar-refractivity contribution in [1.29, 1.82) is 0 Å². The molecule has 3 heterocycles. The lowest BCUT2D eigenvalue weighted by Gasteiger charge is -2.46. The molecule has 0 amide bonds. The summed E-state index contributed by atoms with van der Waals surface area (Å²) < 4.78 is 0. The first-order valence-corrected chi connectivity index (χ1v) is 7.74. The van der Waals surface area contributed by atoms with E-state index in [0.29, 0.717) is 0 Å². The standard InChI is InChI=1S/C16H25N3O/c1-12(20)13-5-6-16(17-10-13)19-9-7-15-14(11-19)4-3-8-18(15)2/h5-6,10,12,14-15,20H,3-4,7-9,11H2,1-2H3/t12-,14?,15?/m1/s1. The predicted molar refractivity (Wildman–Crippen MR) is 80.8 cm³/mol. The molecule has 2 aliphatic heterocycles. The fourth-order valence-corrected chi connectivity index (χ4v) is 3.69. The lowest BCUT2D eigenvalue weighted by Crippen LogP contribution is -2.52. The number of anilines is 1. The Kier molecular flexibility index (Phi) is 3.94. The third kappa shape index (κ3) is 2.67. The number of nitrogens with zero attached hydrogens (tertiary/aromatic N) is 3. The van der Waals surface area contributed by atoms with E-state index in [1.165, 1.54) is 25.8 Å². The van der Waals surface area contributed by atoms with E-state index in [1.807, 2.05) is 6.07 Å². The van der Waals surface area contributed by atoms with Crippen molar-refractivity contribution in [1.82, 2.24) is 9.88 Å². The molecule has 0 aliphatic carbocycles. The summed E-state index contributed by atoms with van der Waals surface area (Å²) in [6.45, 7) is 5.24. The minimum Gasteiger partial charge on any atom is -0.389 e. The van der Waals surface area contributed by atoms with Gasteiger partial charge in [0.15, 0.2) is 0 Å². The summed E-state index contributed by atoms with van der Waals surface area (Å²) in [4.78, 5) is 9.48. The number of pyridine rings is 1. The number of aliphatic hydroxyl groups is 1. The van der Waals surface area contributed by atoms with E-state index in [0.717, 1.165) is 36.4 Å². The Hall–Kier alpha value is -1.13. The van der Waals surface area contributed by atoms with Crippen LogP contribution in [0.3, 0.4) is 0 Å². The zero-order valence-electron chi connectivity index (χ0n) is 12.5. The Morgan fingerprint density at radius 3 is 2.85 bits per heavy atom. The topological polar surface area (TPSA) is 39.6 Å². The second-order valence-electron chi connectivity index (χ2n) is 6.31. The van der Waals surface area contributed by atoms with Crippen molar-refractivity contribution in [3.05, 3.63) is 23.9 Å². The zero-order valence-corrected chi connectivity index (χ0v) is 12.5. The smallest absolute Gasteiger partial charge is 0.128 e. The lowest BCUT2D eigenvalue weighted by atomic mass is 9.84. The van der Waals surface area contributed by atoms with Crippen LogP contribution in [0.4, 0.5) is 5.82 Å². The minimum absolute atomic E-state index is 0.436. The molecule has 0 saturated carbocycles. The summed E-state index contributed by atoms with van der Waals surface area (Å²) in [5.74, 6) is 1.84. The Labute approximate surface area is 121 Å². The molecule has 110 valence electrons. The van der Waals surface area contributed by atoms with E-state index in [2.05, 4.69) is 27.9 Å². The van der Waals surface area contributed by atoms with E-state index in [-0.39, 0.29) is 0 Å². The normalized spacial score (nSPS) is 29.1. The number of piperidine rings is 2. The number of hydrogen-bond donors (Lipinski definition) is 1. The summed E-state index contributed by atoms with van der Waals surface area (Å²) in [7, 11) is 2.27. The molecule has 1 aromatic rings. The van der Waals surface area contributed by atoms with Crippen LogP contribution in [0.5, 0.6) is 0 Å². The monoisotopic (exact) mass is 275 g/mol. The van der Waals surface area contributed by atoms with Crippen molar-refractivity contribution in [2.75, 3.05) is 31.6 Å². The van der Waals surface area contributed by atoms with E-state index < -0.39 is 6.10 Å². The molecule has 2 saturated heterocycles. The van der Waals surface area contributed by atoms with E-state index >= 15 is 0 Å². The molecule has 0 radical (unpaired) electrons. The molecule has 2 aliphatic rings. The van der Waals surface area contributed by atoms with Gasteiger partial charge >= 0.3 is 0 Å². The van der Waals surface area contributed by atoms with Gasteiger partial charge in [0.25, 0.3) is 0 Å². The van der Waals surface area contributed by atoms with Crippen molar-refractivity contribution in [3.63, 3.8) is 0 Å². The summed E-state index contributed by atoms with van der Waals surface area (Å²) in [5.41, 5.74) is 0.890. The molecule has 2 fully saturated rings.